The number of amides is 2. The van der Waals surface area contributed by atoms with Crippen LogP contribution < -0.4 is 15.8 Å². The number of carbonyl (C=O) groups is 2. The minimum atomic E-state index is -3.69. The number of nitrogens with one attached hydrogen (secondary N) is 1. The van der Waals surface area contributed by atoms with Crippen LogP contribution >= 0.6 is 0 Å². The van der Waals surface area contributed by atoms with Gasteiger partial charge < -0.3 is 15.8 Å². The number of carbonyl (C=O) groups excluding carboxylic acids is 2. The van der Waals surface area contributed by atoms with E-state index in [0.29, 0.717) is 5.56 Å². The van der Waals surface area contributed by atoms with Crippen molar-refractivity contribution in [2.45, 2.75) is 4.90 Å². The molecule has 0 unspecified atom stereocenters. The number of hydrogen-bond donors (Lipinski definition) is 2. The van der Waals surface area contributed by atoms with Gasteiger partial charge in [-0.25, -0.2) is 12.7 Å². The minimum absolute atomic E-state index is 0.00954. The molecule has 1 aromatic rings. The van der Waals surface area contributed by atoms with Gasteiger partial charge in [0.1, 0.15) is 10.6 Å². The van der Waals surface area contributed by atoms with E-state index in [9.17, 15) is 18.0 Å². The van der Waals surface area contributed by atoms with Crippen molar-refractivity contribution >= 4 is 27.9 Å². The van der Waals surface area contributed by atoms with Gasteiger partial charge in [0.15, 0.2) is 0 Å². The van der Waals surface area contributed by atoms with Crippen molar-refractivity contribution in [2.24, 2.45) is 5.73 Å². The number of hydrogen-bond acceptors (Lipinski definition) is 5. The molecule has 0 fully saturated rings. The topological polar surface area (TPSA) is 119 Å². The highest BCUT2D eigenvalue weighted by Crippen LogP contribution is 2.27. The van der Waals surface area contributed by atoms with Gasteiger partial charge in [0, 0.05) is 20.2 Å². The SMILES string of the molecule is COc1ccc(/C=C/C(=O)NCC(N)=O)cc1S(=O)(=O)N(C)C. The Morgan fingerprint density at radius 1 is 1.35 bits per heavy atom. The molecule has 1 rings (SSSR count). The summed E-state index contributed by atoms with van der Waals surface area (Å²) in [5, 5.41) is 2.29. The number of primary amides is 1. The normalized spacial score (nSPS) is 11.7. The molecule has 0 radical (unpaired) electrons. The molecular formula is C14H19N3O5S. The molecule has 0 saturated heterocycles. The summed E-state index contributed by atoms with van der Waals surface area (Å²) in [7, 11) is 0.505. The number of benzene rings is 1. The molecule has 9 heteroatoms. The summed E-state index contributed by atoms with van der Waals surface area (Å²) in [6.07, 6.45) is 2.60. The fraction of sp³-hybridized carbons (Fsp3) is 0.286. The molecule has 2 amide bonds. The van der Waals surface area contributed by atoms with Crippen LogP contribution in [-0.4, -0.2) is 52.3 Å². The van der Waals surface area contributed by atoms with E-state index in [1.165, 1.54) is 45.5 Å². The Bertz CT molecular complexity index is 726. The summed E-state index contributed by atoms with van der Waals surface area (Å²) in [5.74, 6) is -0.971. The maximum Gasteiger partial charge on any atom is 0.246 e. The molecule has 8 nitrogen and oxygen atoms in total. The van der Waals surface area contributed by atoms with Crippen LogP contribution in [0.1, 0.15) is 5.56 Å². The lowest BCUT2D eigenvalue weighted by Crippen LogP contribution is -2.32. The summed E-state index contributed by atoms with van der Waals surface area (Å²) in [6.45, 7) is -0.272. The molecule has 126 valence electrons. The van der Waals surface area contributed by atoms with Gasteiger partial charge in [0.05, 0.1) is 13.7 Å². The molecule has 0 heterocycles. The Morgan fingerprint density at radius 3 is 2.52 bits per heavy atom. The first-order valence-corrected chi connectivity index (χ1v) is 7.97. The molecular weight excluding hydrogens is 322 g/mol. The zero-order valence-electron chi connectivity index (χ0n) is 13.1. The number of nitrogens with zero attached hydrogens (tertiary/aromatic N) is 1. The van der Waals surface area contributed by atoms with E-state index < -0.39 is 21.8 Å². The lowest BCUT2D eigenvalue weighted by Gasteiger charge is -2.14. The Hall–Kier alpha value is -2.39. The van der Waals surface area contributed by atoms with Crippen LogP contribution in [0.2, 0.25) is 0 Å². The van der Waals surface area contributed by atoms with Gasteiger partial charge in [0.25, 0.3) is 0 Å². The fourth-order valence-electron chi connectivity index (χ4n) is 1.60. The maximum atomic E-state index is 12.3. The van der Waals surface area contributed by atoms with Crippen molar-refractivity contribution in [2.75, 3.05) is 27.7 Å². The highest BCUT2D eigenvalue weighted by atomic mass is 32.2. The van der Waals surface area contributed by atoms with Crippen LogP contribution in [0, 0.1) is 0 Å². The second kappa shape index (κ2) is 7.75. The predicted octanol–water partition coefficient (Wildman–Crippen LogP) is -0.440. The minimum Gasteiger partial charge on any atom is -0.495 e. The molecule has 3 N–H and O–H groups in total. The number of rotatable bonds is 7. The van der Waals surface area contributed by atoms with E-state index in [1.54, 1.807) is 6.07 Å². The Labute approximate surface area is 135 Å². The Morgan fingerprint density at radius 2 is 2.00 bits per heavy atom. The average molecular weight is 341 g/mol. The molecule has 1 aromatic carbocycles. The third-order valence-corrected chi connectivity index (χ3v) is 4.65. The van der Waals surface area contributed by atoms with Crippen LogP contribution in [-0.2, 0) is 19.6 Å². The van der Waals surface area contributed by atoms with Crippen molar-refractivity contribution in [3.63, 3.8) is 0 Å². The van der Waals surface area contributed by atoms with E-state index in [-0.39, 0.29) is 17.2 Å². The van der Waals surface area contributed by atoms with Crippen molar-refractivity contribution in [3.8, 4) is 5.75 Å². The van der Waals surface area contributed by atoms with Crippen molar-refractivity contribution in [1.82, 2.24) is 9.62 Å². The van der Waals surface area contributed by atoms with Crippen LogP contribution in [0.5, 0.6) is 5.75 Å². The van der Waals surface area contributed by atoms with E-state index in [2.05, 4.69) is 5.32 Å². The number of methoxy groups -OCH3 is 1. The maximum absolute atomic E-state index is 12.3. The summed E-state index contributed by atoms with van der Waals surface area (Å²) in [6, 6.07) is 4.49. The molecule has 0 bridgehead atoms. The molecule has 23 heavy (non-hydrogen) atoms. The second-order valence-corrected chi connectivity index (χ2v) is 6.84. The average Bonchev–Trinajstić information content (AvgIpc) is 2.50. The van der Waals surface area contributed by atoms with Gasteiger partial charge in [-0.1, -0.05) is 6.07 Å². The van der Waals surface area contributed by atoms with Gasteiger partial charge in [-0.3, -0.25) is 9.59 Å². The Kier molecular flexibility index (Phi) is 6.28. The quantitative estimate of drug-likeness (QED) is 0.652. The fourth-order valence-corrected chi connectivity index (χ4v) is 2.68. The van der Waals surface area contributed by atoms with E-state index in [1.807, 2.05) is 0 Å². The third-order valence-electron chi connectivity index (χ3n) is 2.81. The molecule has 0 saturated carbocycles. The highest BCUT2D eigenvalue weighted by molar-refractivity contribution is 7.89. The van der Waals surface area contributed by atoms with E-state index in [4.69, 9.17) is 10.5 Å². The first-order chi connectivity index (χ1) is 10.7. The van der Waals surface area contributed by atoms with Gasteiger partial charge in [-0.05, 0) is 23.8 Å². The van der Waals surface area contributed by atoms with Gasteiger partial charge in [-0.2, -0.15) is 0 Å². The smallest absolute Gasteiger partial charge is 0.246 e. The molecule has 0 aromatic heterocycles. The summed E-state index contributed by atoms with van der Waals surface area (Å²) < 4.78 is 30.7. The van der Waals surface area contributed by atoms with Gasteiger partial charge in [0.2, 0.25) is 21.8 Å². The van der Waals surface area contributed by atoms with Crippen LogP contribution in [0.4, 0.5) is 0 Å². The summed E-state index contributed by atoms with van der Waals surface area (Å²) >= 11 is 0. The van der Waals surface area contributed by atoms with Crippen molar-refractivity contribution < 1.29 is 22.7 Å². The van der Waals surface area contributed by atoms with Gasteiger partial charge in [-0.15, -0.1) is 0 Å². The van der Waals surface area contributed by atoms with Crippen LogP contribution in [0.3, 0.4) is 0 Å². The standard InChI is InChI=1S/C14H19N3O5S/c1-17(2)23(20,21)12-8-10(4-6-11(12)22-3)5-7-14(19)16-9-13(15)18/h4-8H,9H2,1-3H3,(H2,15,18)(H,16,19)/b7-5+. The van der Waals surface area contributed by atoms with Crippen molar-refractivity contribution in [1.29, 1.82) is 0 Å². The second-order valence-electron chi connectivity index (χ2n) is 4.72. The zero-order chi connectivity index (χ0) is 17.6. The molecule has 0 aliphatic carbocycles. The first-order valence-electron chi connectivity index (χ1n) is 6.53. The summed E-state index contributed by atoms with van der Waals surface area (Å²) in [4.78, 5) is 22.0. The lowest BCUT2D eigenvalue weighted by molar-refractivity contribution is -0.122. The predicted molar refractivity (Wildman–Crippen MR) is 85.1 cm³/mol. The Balaban J connectivity index is 3.07. The highest BCUT2D eigenvalue weighted by Gasteiger charge is 2.22. The van der Waals surface area contributed by atoms with E-state index in [0.717, 1.165) is 4.31 Å². The van der Waals surface area contributed by atoms with Crippen LogP contribution in [0.25, 0.3) is 6.08 Å². The molecule has 0 spiro atoms. The third kappa shape index (κ3) is 5.08. The molecule has 0 atom stereocenters. The number of nitrogens with two attached hydrogens (primary N) is 1. The van der Waals surface area contributed by atoms with Gasteiger partial charge >= 0.3 is 0 Å². The van der Waals surface area contributed by atoms with Crippen LogP contribution in [0.15, 0.2) is 29.2 Å². The first kappa shape index (κ1) is 18.7. The number of ether oxygens (including phenoxy) is 1. The number of sulfonamides is 1. The molecule has 0 aliphatic rings. The largest absolute Gasteiger partial charge is 0.495 e. The zero-order valence-corrected chi connectivity index (χ0v) is 13.9. The molecule has 0 aliphatic heterocycles. The summed E-state index contributed by atoms with van der Waals surface area (Å²) in [5.41, 5.74) is 5.40. The monoisotopic (exact) mass is 341 g/mol. The van der Waals surface area contributed by atoms with Crippen molar-refractivity contribution in [3.05, 3.63) is 29.8 Å². The van der Waals surface area contributed by atoms with E-state index >= 15 is 0 Å². The lowest BCUT2D eigenvalue weighted by atomic mass is 10.2.